The standard InChI is InChI=1S/C17H12N4O/c1-2-5-12(6-3-1)17-19-16(21-22-17)14-8-4-7-13(11-14)15-9-10-18-20-15/h1-11H,(H,18,20). The molecule has 0 aliphatic carbocycles. The Bertz CT molecular complexity index is 882. The van der Waals surface area contributed by atoms with E-state index in [9.17, 15) is 0 Å². The first-order valence-corrected chi connectivity index (χ1v) is 6.89. The fraction of sp³-hybridized carbons (Fsp3) is 0. The number of aromatic amines is 1. The Labute approximate surface area is 126 Å². The lowest BCUT2D eigenvalue weighted by atomic mass is 10.1. The van der Waals surface area contributed by atoms with Crippen molar-refractivity contribution in [1.82, 2.24) is 20.3 Å². The van der Waals surface area contributed by atoms with Gasteiger partial charge in [-0.1, -0.05) is 41.6 Å². The minimum absolute atomic E-state index is 0.516. The van der Waals surface area contributed by atoms with Crippen LogP contribution in [0.25, 0.3) is 34.1 Å². The Morgan fingerprint density at radius 3 is 2.45 bits per heavy atom. The van der Waals surface area contributed by atoms with Crippen LogP contribution in [0.15, 0.2) is 71.4 Å². The van der Waals surface area contributed by atoms with Gasteiger partial charge in [0.15, 0.2) is 0 Å². The van der Waals surface area contributed by atoms with E-state index in [0.717, 1.165) is 22.4 Å². The number of rotatable bonds is 3. The zero-order valence-corrected chi connectivity index (χ0v) is 11.6. The number of hydrogen-bond donors (Lipinski definition) is 1. The molecule has 0 aliphatic rings. The summed E-state index contributed by atoms with van der Waals surface area (Å²) in [6.07, 6.45) is 1.73. The molecule has 2 heterocycles. The summed E-state index contributed by atoms with van der Waals surface area (Å²) in [5.74, 6) is 1.09. The second kappa shape index (κ2) is 5.29. The fourth-order valence-electron chi connectivity index (χ4n) is 2.28. The minimum atomic E-state index is 0.516. The number of benzene rings is 2. The number of hydrogen-bond acceptors (Lipinski definition) is 4. The molecule has 0 bridgehead atoms. The Kier molecular flexibility index (Phi) is 3.01. The summed E-state index contributed by atoms with van der Waals surface area (Å²) in [4.78, 5) is 4.47. The first-order chi connectivity index (χ1) is 10.9. The molecular formula is C17H12N4O. The number of nitrogens with zero attached hydrogens (tertiary/aromatic N) is 3. The van der Waals surface area contributed by atoms with E-state index in [2.05, 4.69) is 20.3 Å². The van der Waals surface area contributed by atoms with E-state index in [1.807, 2.05) is 60.7 Å². The van der Waals surface area contributed by atoms with Gasteiger partial charge in [-0.05, 0) is 24.3 Å². The normalized spacial score (nSPS) is 10.7. The van der Waals surface area contributed by atoms with Crippen LogP contribution in [-0.4, -0.2) is 20.3 Å². The summed E-state index contributed by atoms with van der Waals surface area (Å²) < 4.78 is 5.35. The van der Waals surface area contributed by atoms with E-state index in [1.54, 1.807) is 6.20 Å². The number of H-pyrrole nitrogens is 1. The SMILES string of the molecule is c1ccc(-c2nc(-c3cccc(-c4ccn[nH]4)c3)no2)cc1. The van der Waals surface area contributed by atoms with Crippen LogP contribution in [0, 0.1) is 0 Å². The fourth-order valence-corrected chi connectivity index (χ4v) is 2.28. The van der Waals surface area contributed by atoms with Gasteiger partial charge in [-0.3, -0.25) is 5.10 Å². The maximum Gasteiger partial charge on any atom is 0.258 e. The molecule has 0 fully saturated rings. The molecular weight excluding hydrogens is 276 g/mol. The van der Waals surface area contributed by atoms with Crippen LogP contribution in [-0.2, 0) is 0 Å². The van der Waals surface area contributed by atoms with Crippen molar-refractivity contribution in [3.05, 3.63) is 66.9 Å². The Morgan fingerprint density at radius 1 is 0.818 bits per heavy atom. The molecule has 0 saturated carbocycles. The topological polar surface area (TPSA) is 67.6 Å². The molecule has 4 rings (SSSR count). The van der Waals surface area contributed by atoms with Gasteiger partial charge in [-0.25, -0.2) is 0 Å². The van der Waals surface area contributed by atoms with Crippen molar-refractivity contribution in [3.63, 3.8) is 0 Å². The Balaban J connectivity index is 1.71. The van der Waals surface area contributed by atoms with Crippen molar-refractivity contribution < 1.29 is 4.52 Å². The third-order valence-corrected chi connectivity index (χ3v) is 3.38. The summed E-state index contributed by atoms with van der Waals surface area (Å²) >= 11 is 0. The van der Waals surface area contributed by atoms with E-state index in [4.69, 9.17) is 4.52 Å². The van der Waals surface area contributed by atoms with Crippen molar-refractivity contribution in [2.24, 2.45) is 0 Å². The molecule has 5 heteroatoms. The molecule has 4 aromatic rings. The average molecular weight is 288 g/mol. The van der Waals surface area contributed by atoms with Crippen molar-refractivity contribution in [2.75, 3.05) is 0 Å². The second-order valence-electron chi connectivity index (χ2n) is 4.84. The molecule has 0 atom stereocenters. The van der Waals surface area contributed by atoms with Gasteiger partial charge < -0.3 is 4.52 Å². The summed E-state index contributed by atoms with van der Waals surface area (Å²) in [6, 6.07) is 19.6. The van der Waals surface area contributed by atoms with Crippen LogP contribution in [0.2, 0.25) is 0 Å². The van der Waals surface area contributed by atoms with Gasteiger partial charge in [-0.15, -0.1) is 0 Å². The molecule has 106 valence electrons. The van der Waals surface area contributed by atoms with Gasteiger partial charge in [-0.2, -0.15) is 10.1 Å². The summed E-state index contributed by atoms with van der Waals surface area (Å²) in [5, 5.41) is 11.0. The molecule has 0 radical (unpaired) electrons. The highest BCUT2D eigenvalue weighted by Crippen LogP contribution is 2.25. The molecule has 0 spiro atoms. The molecule has 0 unspecified atom stereocenters. The van der Waals surface area contributed by atoms with Crippen LogP contribution in [0.3, 0.4) is 0 Å². The minimum Gasteiger partial charge on any atom is -0.334 e. The average Bonchev–Trinajstić information content (AvgIpc) is 3.28. The smallest absolute Gasteiger partial charge is 0.258 e. The Morgan fingerprint density at radius 2 is 1.64 bits per heavy atom. The molecule has 0 amide bonds. The zero-order valence-electron chi connectivity index (χ0n) is 11.6. The van der Waals surface area contributed by atoms with E-state index in [0.29, 0.717) is 11.7 Å². The predicted octanol–water partition coefficient (Wildman–Crippen LogP) is 3.79. The highest BCUT2D eigenvalue weighted by atomic mass is 16.5. The maximum absolute atomic E-state index is 5.35. The molecule has 0 saturated heterocycles. The van der Waals surface area contributed by atoms with Crippen LogP contribution >= 0.6 is 0 Å². The first kappa shape index (κ1) is 12.5. The predicted molar refractivity (Wildman–Crippen MR) is 82.8 cm³/mol. The Hall–Kier alpha value is -3.21. The molecule has 0 aliphatic heterocycles. The summed E-state index contributed by atoms with van der Waals surface area (Å²) in [6.45, 7) is 0. The molecule has 1 N–H and O–H groups in total. The van der Waals surface area contributed by atoms with Gasteiger partial charge in [0.1, 0.15) is 0 Å². The van der Waals surface area contributed by atoms with Crippen LogP contribution < -0.4 is 0 Å². The first-order valence-electron chi connectivity index (χ1n) is 6.89. The third kappa shape index (κ3) is 2.29. The lowest BCUT2D eigenvalue weighted by molar-refractivity contribution is 0.432. The van der Waals surface area contributed by atoms with Gasteiger partial charge in [0.25, 0.3) is 5.89 Å². The van der Waals surface area contributed by atoms with E-state index < -0.39 is 0 Å². The molecule has 22 heavy (non-hydrogen) atoms. The monoisotopic (exact) mass is 288 g/mol. The lowest BCUT2D eigenvalue weighted by Gasteiger charge is -1.99. The second-order valence-corrected chi connectivity index (χ2v) is 4.84. The van der Waals surface area contributed by atoms with E-state index in [-0.39, 0.29) is 0 Å². The van der Waals surface area contributed by atoms with Gasteiger partial charge >= 0.3 is 0 Å². The van der Waals surface area contributed by atoms with Crippen molar-refractivity contribution >= 4 is 0 Å². The quantitative estimate of drug-likeness (QED) is 0.622. The molecule has 2 aromatic carbocycles. The van der Waals surface area contributed by atoms with Crippen LogP contribution in [0.5, 0.6) is 0 Å². The number of aromatic nitrogens is 4. The highest BCUT2D eigenvalue weighted by molar-refractivity contribution is 5.68. The van der Waals surface area contributed by atoms with Crippen molar-refractivity contribution in [2.45, 2.75) is 0 Å². The van der Waals surface area contributed by atoms with Gasteiger partial charge in [0.05, 0.1) is 5.69 Å². The third-order valence-electron chi connectivity index (χ3n) is 3.38. The molecule has 2 aromatic heterocycles. The lowest BCUT2D eigenvalue weighted by Crippen LogP contribution is -1.84. The highest BCUT2D eigenvalue weighted by Gasteiger charge is 2.11. The van der Waals surface area contributed by atoms with Crippen molar-refractivity contribution in [3.8, 4) is 34.1 Å². The summed E-state index contributed by atoms with van der Waals surface area (Å²) in [7, 11) is 0. The van der Waals surface area contributed by atoms with Crippen LogP contribution in [0.4, 0.5) is 0 Å². The maximum atomic E-state index is 5.35. The number of nitrogens with one attached hydrogen (secondary N) is 1. The zero-order chi connectivity index (χ0) is 14.8. The molecule has 5 nitrogen and oxygen atoms in total. The van der Waals surface area contributed by atoms with Crippen molar-refractivity contribution in [1.29, 1.82) is 0 Å². The van der Waals surface area contributed by atoms with Crippen LogP contribution in [0.1, 0.15) is 0 Å². The van der Waals surface area contributed by atoms with E-state index >= 15 is 0 Å². The largest absolute Gasteiger partial charge is 0.334 e. The van der Waals surface area contributed by atoms with E-state index in [1.165, 1.54) is 0 Å². The van der Waals surface area contributed by atoms with Gasteiger partial charge in [0.2, 0.25) is 5.82 Å². The summed E-state index contributed by atoms with van der Waals surface area (Å²) in [5.41, 5.74) is 3.79. The van der Waals surface area contributed by atoms with Gasteiger partial charge in [0, 0.05) is 22.9 Å².